The van der Waals surface area contributed by atoms with Crippen LogP contribution in [0.3, 0.4) is 0 Å². The topological polar surface area (TPSA) is 78.1 Å². The summed E-state index contributed by atoms with van der Waals surface area (Å²) in [5.74, 6) is -4.26. The van der Waals surface area contributed by atoms with Gasteiger partial charge in [0, 0.05) is 29.3 Å². The molecule has 0 radical (unpaired) electrons. The van der Waals surface area contributed by atoms with Crippen LogP contribution in [0, 0.1) is 18.3 Å². The Kier molecular flexibility index (Phi) is 6.03. The molecule has 152 valence electrons. The molecule has 29 heavy (non-hydrogen) atoms. The molecule has 2 aromatic rings. The molecule has 2 heterocycles. The van der Waals surface area contributed by atoms with Crippen molar-refractivity contribution in [3.05, 3.63) is 57.8 Å². The molecular weight excluding hydrogens is 446 g/mol. The molecule has 0 saturated carbocycles. The molecule has 1 atom stereocenters. The van der Waals surface area contributed by atoms with Gasteiger partial charge >= 0.3 is 0 Å². The Labute approximate surface area is 175 Å². The molecule has 0 bridgehead atoms. The van der Waals surface area contributed by atoms with Crippen LogP contribution in [0.2, 0.25) is 0 Å². The molecule has 1 saturated heterocycles. The molecule has 1 aromatic carbocycles. The fourth-order valence-electron chi connectivity index (χ4n) is 3.30. The van der Waals surface area contributed by atoms with Gasteiger partial charge in [0.1, 0.15) is 6.04 Å². The van der Waals surface area contributed by atoms with Crippen molar-refractivity contribution in [3.8, 4) is 6.07 Å². The first-order valence-electron chi connectivity index (χ1n) is 8.95. The minimum Gasteiger partial charge on any atom is -0.347 e. The van der Waals surface area contributed by atoms with Crippen molar-refractivity contribution in [1.82, 2.24) is 14.8 Å². The first-order valence-corrected chi connectivity index (χ1v) is 9.74. The number of aromatic nitrogens is 1. The Hall–Kier alpha value is -2.73. The predicted molar refractivity (Wildman–Crippen MR) is 105 cm³/mol. The van der Waals surface area contributed by atoms with E-state index in [0.717, 1.165) is 20.6 Å². The SMILES string of the molecule is Cc1cc(C(=O)NCC(=O)N2CC(F)(F)C[C@H]2C#N)cn1Cc1cccc(Br)c1. The highest BCUT2D eigenvalue weighted by atomic mass is 79.9. The fraction of sp³-hybridized carbons (Fsp3) is 0.350. The van der Waals surface area contributed by atoms with Gasteiger partial charge in [0.05, 0.1) is 24.7 Å². The number of rotatable bonds is 5. The van der Waals surface area contributed by atoms with Gasteiger partial charge in [-0.25, -0.2) is 8.78 Å². The second-order valence-electron chi connectivity index (χ2n) is 7.04. The molecule has 1 N–H and O–H groups in total. The van der Waals surface area contributed by atoms with Crippen LogP contribution < -0.4 is 5.32 Å². The lowest BCUT2D eigenvalue weighted by Crippen LogP contribution is -2.42. The average Bonchev–Trinajstić information content (AvgIpc) is 3.18. The van der Waals surface area contributed by atoms with Crippen molar-refractivity contribution in [2.75, 3.05) is 13.1 Å². The molecule has 9 heteroatoms. The maximum absolute atomic E-state index is 13.5. The monoisotopic (exact) mass is 464 g/mol. The first kappa shape index (κ1) is 21.0. The number of likely N-dealkylation sites (tertiary alicyclic amines) is 1. The number of alkyl halides is 2. The molecule has 0 aliphatic carbocycles. The van der Waals surface area contributed by atoms with E-state index < -0.39 is 43.3 Å². The molecule has 0 spiro atoms. The number of carbonyl (C=O) groups is 2. The summed E-state index contributed by atoms with van der Waals surface area (Å²) in [6.07, 6.45) is 0.999. The van der Waals surface area contributed by atoms with Crippen LogP contribution in [-0.4, -0.2) is 46.3 Å². The zero-order valence-corrected chi connectivity index (χ0v) is 17.2. The number of hydrogen-bond donors (Lipinski definition) is 1. The summed E-state index contributed by atoms with van der Waals surface area (Å²) in [7, 11) is 0. The zero-order chi connectivity index (χ0) is 21.2. The van der Waals surface area contributed by atoms with Gasteiger partial charge in [0.2, 0.25) is 5.91 Å². The van der Waals surface area contributed by atoms with Gasteiger partial charge < -0.3 is 14.8 Å². The Balaban J connectivity index is 1.61. The minimum atomic E-state index is -3.08. The van der Waals surface area contributed by atoms with Crippen molar-refractivity contribution < 1.29 is 18.4 Å². The predicted octanol–water partition coefficient (Wildman–Crippen LogP) is 3.10. The van der Waals surface area contributed by atoms with Gasteiger partial charge in [-0.1, -0.05) is 28.1 Å². The normalized spacial score (nSPS) is 17.8. The number of benzene rings is 1. The number of hydrogen-bond acceptors (Lipinski definition) is 3. The highest BCUT2D eigenvalue weighted by Crippen LogP contribution is 2.31. The van der Waals surface area contributed by atoms with Crippen LogP contribution in [0.25, 0.3) is 0 Å². The molecule has 1 fully saturated rings. The van der Waals surface area contributed by atoms with E-state index in [1.807, 2.05) is 35.8 Å². The quantitative estimate of drug-likeness (QED) is 0.738. The molecule has 1 aliphatic rings. The van der Waals surface area contributed by atoms with E-state index in [2.05, 4.69) is 21.2 Å². The lowest BCUT2D eigenvalue weighted by Gasteiger charge is -2.19. The van der Waals surface area contributed by atoms with Crippen LogP contribution in [0.4, 0.5) is 8.78 Å². The molecule has 2 amide bonds. The number of amides is 2. The number of halogens is 3. The Morgan fingerprint density at radius 3 is 2.83 bits per heavy atom. The van der Waals surface area contributed by atoms with Crippen molar-refractivity contribution in [3.63, 3.8) is 0 Å². The maximum Gasteiger partial charge on any atom is 0.268 e. The first-order chi connectivity index (χ1) is 13.7. The van der Waals surface area contributed by atoms with Crippen molar-refractivity contribution in [2.24, 2.45) is 0 Å². The zero-order valence-electron chi connectivity index (χ0n) is 15.7. The molecule has 1 aliphatic heterocycles. The summed E-state index contributed by atoms with van der Waals surface area (Å²) in [5.41, 5.74) is 2.29. The molecule has 6 nitrogen and oxygen atoms in total. The fourth-order valence-corrected chi connectivity index (χ4v) is 3.74. The third kappa shape index (κ3) is 5.01. The highest BCUT2D eigenvalue weighted by Gasteiger charge is 2.47. The standard InChI is InChI=1S/C20H19BrF2N4O2/c1-13-5-15(11-26(13)10-14-3-2-4-16(21)6-14)19(29)25-9-18(28)27-12-20(22,23)7-17(27)8-24/h2-6,11,17H,7,9-10,12H2,1H3,(H,25,29)/t17-/m0/s1. The van der Waals surface area contributed by atoms with Crippen LogP contribution in [0.5, 0.6) is 0 Å². The van der Waals surface area contributed by atoms with Crippen LogP contribution in [0.1, 0.15) is 28.0 Å². The number of nitrogens with one attached hydrogen (secondary N) is 1. The summed E-state index contributed by atoms with van der Waals surface area (Å²) < 4.78 is 29.8. The minimum absolute atomic E-state index is 0.369. The summed E-state index contributed by atoms with van der Waals surface area (Å²) in [5, 5.41) is 11.4. The van der Waals surface area contributed by atoms with Gasteiger partial charge in [-0.05, 0) is 30.7 Å². The van der Waals surface area contributed by atoms with Gasteiger partial charge in [0.15, 0.2) is 0 Å². The second kappa shape index (κ2) is 8.33. The lowest BCUT2D eigenvalue weighted by atomic mass is 10.2. The number of aryl methyl sites for hydroxylation is 1. The summed E-state index contributed by atoms with van der Waals surface area (Å²) in [6, 6.07) is 10.0. The summed E-state index contributed by atoms with van der Waals surface area (Å²) in [6.45, 7) is 1.19. The van der Waals surface area contributed by atoms with Crippen LogP contribution in [0.15, 0.2) is 41.0 Å². The van der Waals surface area contributed by atoms with E-state index in [9.17, 15) is 18.4 Å². The van der Waals surface area contributed by atoms with Gasteiger partial charge in [-0.3, -0.25) is 9.59 Å². The number of nitriles is 1. The van der Waals surface area contributed by atoms with Crippen LogP contribution in [-0.2, 0) is 11.3 Å². The van der Waals surface area contributed by atoms with E-state index in [1.54, 1.807) is 18.3 Å². The third-order valence-electron chi connectivity index (χ3n) is 4.76. The lowest BCUT2D eigenvalue weighted by molar-refractivity contribution is -0.131. The van der Waals surface area contributed by atoms with Crippen LogP contribution >= 0.6 is 15.9 Å². The maximum atomic E-state index is 13.5. The number of nitrogens with zero attached hydrogens (tertiary/aromatic N) is 3. The number of carbonyl (C=O) groups excluding carboxylic acids is 2. The van der Waals surface area contributed by atoms with E-state index in [1.165, 1.54) is 0 Å². The largest absolute Gasteiger partial charge is 0.347 e. The second-order valence-corrected chi connectivity index (χ2v) is 7.95. The van der Waals surface area contributed by atoms with E-state index in [0.29, 0.717) is 12.1 Å². The molecule has 3 rings (SSSR count). The van der Waals surface area contributed by atoms with E-state index >= 15 is 0 Å². The molecule has 0 unspecified atom stereocenters. The Morgan fingerprint density at radius 1 is 1.38 bits per heavy atom. The van der Waals surface area contributed by atoms with Crippen molar-refractivity contribution in [2.45, 2.75) is 31.9 Å². The Morgan fingerprint density at radius 2 is 2.14 bits per heavy atom. The van der Waals surface area contributed by atoms with E-state index in [-0.39, 0.29) is 0 Å². The van der Waals surface area contributed by atoms with Crippen molar-refractivity contribution >= 4 is 27.7 Å². The van der Waals surface area contributed by atoms with Crippen molar-refractivity contribution in [1.29, 1.82) is 5.26 Å². The summed E-state index contributed by atoms with van der Waals surface area (Å²) in [4.78, 5) is 25.4. The van der Waals surface area contributed by atoms with Gasteiger partial charge in [0.25, 0.3) is 11.8 Å². The molecular formula is C20H19BrF2N4O2. The Bertz CT molecular complexity index is 983. The van der Waals surface area contributed by atoms with Gasteiger partial charge in [-0.15, -0.1) is 0 Å². The average molecular weight is 465 g/mol. The molecule has 1 aromatic heterocycles. The third-order valence-corrected chi connectivity index (χ3v) is 5.25. The van der Waals surface area contributed by atoms with Gasteiger partial charge in [-0.2, -0.15) is 5.26 Å². The highest BCUT2D eigenvalue weighted by molar-refractivity contribution is 9.10. The van der Waals surface area contributed by atoms with E-state index in [4.69, 9.17) is 5.26 Å². The summed E-state index contributed by atoms with van der Waals surface area (Å²) >= 11 is 3.42. The smallest absolute Gasteiger partial charge is 0.268 e.